The highest BCUT2D eigenvalue weighted by molar-refractivity contribution is 14.1. The molecular formula is C23H22I2N2OS. The van der Waals surface area contributed by atoms with Gasteiger partial charge in [0.05, 0.1) is 12.7 Å². The van der Waals surface area contributed by atoms with E-state index in [2.05, 4.69) is 77.9 Å². The molecule has 0 saturated heterocycles. The second-order valence-corrected chi connectivity index (χ2v) is 11.6. The van der Waals surface area contributed by atoms with E-state index in [1.54, 1.807) is 11.3 Å². The maximum absolute atomic E-state index is 9.74. The number of hydrogen-bond acceptors (Lipinski definition) is 4. The molecule has 29 heavy (non-hydrogen) atoms. The molecule has 0 bridgehead atoms. The van der Waals surface area contributed by atoms with Gasteiger partial charge in [0, 0.05) is 11.1 Å². The molecular weight excluding hydrogens is 606 g/mol. The first-order chi connectivity index (χ1) is 13.7. The van der Waals surface area contributed by atoms with Crippen LogP contribution in [0.25, 0.3) is 0 Å². The van der Waals surface area contributed by atoms with Crippen LogP contribution in [0.15, 0.2) is 17.1 Å². The van der Waals surface area contributed by atoms with Crippen molar-refractivity contribution in [2.24, 2.45) is 16.3 Å². The van der Waals surface area contributed by atoms with Crippen molar-refractivity contribution in [3.8, 4) is 24.2 Å². The van der Waals surface area contributed by atoms with Crippen LogP contribution in [0.4, 0.5) is 5.00 Å². The van der Waals surface area contributed by atoms with Gasteiger partial charge in [-0.15, -0.1) is 17.8 Å². The SMILES string of the molecule is C#CCOc1c(I)cc(C=Nc2sc3c(c2C#N)CC[C@H](C(C)(C)C)C3)cc1I. The Morgan fingerprint density at radius 2 is 2.03 bits per heavy atom. The van der Waals surface area contributed by atoms with Crippen molar-refractivity contribution >= 4 is 67.7 Å². The Bertz CT molecular complexity index is 1010. The fraction of sp³-hybridized carbons (Fsp3) is 0.391. The molecule has 1 aromatic carbocycles. The first-order valence-corrected chi connectivity index (χ1v) is 12.4. The number of thiophene rings is 1. The van der Waals surface area contributed by atoms with E-state index >= 15 is 0 Å². The first kappa shape index (κ1) is 22.6. The quantitative estimate of drug-likeness (QED) is 0.214. The Morgan fingerprint density at radius 1 is 1.34 bits per heavy atom. The number of terminal acetylenes is 1. The summed E-state index contributed by atoms with van der Waals surface area (Å²) >= 11 is 6.18. The van der Waals surface area contributed by atoms with E-state index in [9.17, 15) is 5.26 Å². The lowest BCUT2D eigenvalue weighted by molar-refractivity contribution is 0.218. The van der Waals surface area contributed by atoms with Crippen LogP contribution >= 0.6 is 56.5 Å². The van der Waals surface area contributed by atoms with Crippen molar-refractivity contribution in [3.05, 3.63) is 40.8 Å². The van der Waals surface area contributed by atoms with Gasteiger partial charge in [-0.2, -0.15) is 5.26 Å². The van der Waals surface area contributed by atoms with Crippen LogP contribution in [0, 0.1) is 42.1 Å². The Labute approximate surface area is 204 Å². The molecule has 3 rings (SSSR count). The summed E-state index contributed by atoms with van der Waals surface area (Å²) in [7, 11) is 0. The summed E-state index contributed by atoms with van der Waals surface area (Å²) in [5.41, 5.74) is 3.24. The lowest BCUT2D eigenvalue weighted by Gasteiger charge is -2.33. The van der Waals surface area contributed by atoms with Crippen molar-refractivity contribution in [2.45, 2.75) is 40.0 Å². The zero-order valence-corrected chi connectivity index (χ0v) is 21.8. The number of halogens is 2. The zero-order valence-electron chi connectivity index (χ0n) is 16.7. The minimum atomic E-state index is 0.251. The lowest BCUT2D eigenvalue weighted by Crippen LogP contribution is -2.26. The highest BCUT2D eigenvalue weighted by Crippen LogP contribution is 2.44. The van der Waals surface area contributed by atoms with Gasteiger partial charge < -0.3 is 4.74 Å². The number of nitrogens with zero attached hydrogens (tertiary/aromatic N) is 2. The molecule has 0 fully saturated rings. The monoisotopic (exact) mass is 628 g/mol. The van der Waals surface area contributed by atoms with Crippen LogP contribution < -0.4 is 4.74 Å². The van der Waals surface area contributed by atoms with Crippen LogP contribution in [0.2, 0.25) is 0 Å². The largest absolute Gasteiger partial charge is 0.479 e. The Morgan fingerprint density at radius 3 is 2.62 bits per heavy atom. The van der Waals surface area contributed by atoms with Crippen molar-refractivity contribution in [1.29, 1.82) is 5.26 Å². The fourth-order valence-electron chi connectivity index (χ4n) is 3.56. The molecule has 1 heterocycles. The molecule has 1 aliphatic carbocycles. The molecule has 1 aromatic heterocycles. The van der Waals surface area contributed by atoms with Crippen LogP contribution in [-0.4, -0.2) is 12.8 Å². The molecule has 0 unspecified atom stereocenters. The van der Waals surface area contributed by atoms with E-state index in [0.29, 0.717) is 5.92 Å². The van der Waals surface area contributed by atoms with Gasteiger partial charge in [-0.05, 0) is 99.0 Å². The second-order valence-electron chi connectivity index (χ2n) is 8.17. The van der Waals surface area contributed by atoms with E-state index in [4.69, 9.17) is 16.2 Å². The van der Waals surface area contributed by atoms with Gasteiger partial charge in [0.2, 0.25) is 0 Å². The molecule has 0 amide bonds. The van der Waals surface area contributed by atoms with Gasteiger partial charge in [0.15, 0.2) is 0 Å². The summed E-state index contributed by atoms with van der Waals surface area (Å²) in [6, 6.07) is 6.45. The molecule has 0 N–H and O–H groups in total. The average Bonchev–Trinajstić information content (AvgIpc) is 3.01. The molecule has 0 radical (unpaired) electrons. The predicted molar refractivity (Wildman–Crippen MR) is 137 cm³/mol. The van der Waals surface area contributed by atoms with Gasteiger partial charge in [0.1, 0.15) is 23.4 Å². The normalized spacial score (nSPS) is 16.3. The smallest absolute Gasteiger partial charge is 0.148 e. The Hall–Kier alpha value is -1.10. The van der Waals surface area contributed by atoms with E-state index in [-0.39, 0.29) is 12.0 Å². The van der Waals surface area contributed by atoms with Crippen LogP contribution in [0.5, 0.6) is 5.75 Å². The standard InChI is InChI=1S/C23H22I2N2OS/c1-5-8-28-21-18(24)9-14(10-19(21)25)13-27-22-17(12-26)16-7-6-15(23(2,3)4)11-20(16)29-22/h1,9-10,13,15H,6-8,11H2,2-4H3/t15-/m0/s1. The number of benzene rings is 1. The molecule has 3 nitrogen and oxygen atoms in total. The highest BCUT2D eigenvalue weighted by atomic mass is 127. The van der Waals surface area contributed by atoms with Gasteiger partial charge in [-0.1, -0.05) is 26.7 Å². The molecule has 0 saturated carbocycles. The summed E-state index contributed by atoms with van der Waals surface area (Å²) in [4.78, 5) is 6.04. The number of nitriles is 1. The summed E-state index contributed by atoms with van der Waals surface area (Å²) in [5, 5.41) is 10.6. The van der Waals surface area contributed by atoms with Crippen LogP contribution in [0.1, 0.15) is 48.8 Å². The van der Waals surface area contributed by atoms with Crippen molar-refractivity contribution in [3.63, 3.8) is 0 Å². The topological polar surface area (TPSA) is 45.4 Å². The van der Waals surface area contributed by atoms with Crippen LogP contribution in [-0.2, 0) is 12.8 Å². The zero-order chi connectivity index (χ0) is 21.2. The molecule has 0 spiro atoms. The van der Waals surface area contributed by atoms with E-state index in [1.807, 2.05) is 18.3 Å². The fourth-order valence-corrected chi connectivity index (χ4v) is 6.91. The number of aliphatic imine (C=N–C) groups is 1. The van der Waals surface area contributed by atoms with E-state index < -0.39 is 0 Å². The summed E-state index contributed by atoms with van der Waals surface area (Å²) in [5.74, 6) is 3.95. The minimum Gasteiger partial charge on any atom is -0.479 e. The molecule has 2 aromatic rings. The van der Waals surface area contributed by atoms with Gasteiger partial charge in [-0.3, -0.25) is 0 Å². The minimum absolute atomic E-state index is 0.251. The first-order valence-electron chi connectivity index (χ1n) is 9.38. The number of ether oxygens (including phenoxy) is 1. The lowest BCUT2D eigenvalue weighted by atomic mass is 9.72. The Balaban J connectivity index is 1.88. The van der Waals surface area contributed by atoms with Gasteiger partial charge in [-0.25, -0.2) is 4.99 Å². The number of fused-ring (bicyclic) bond motifs is 1. The van der Waals surface area contributed by atoms with E-state index in [0.717, 1.165) is 48.3 Å². The molecule has 1 atom stereocenters. The highest BCUT2D eigenvalue weighted by Gasteiger charge is 2.32. The summed E-state index contributed by atoms with van der Waals surface area (Å²) < 4.78 is 7.61. The maximum atomic E-state index is 9.74. The molecule has 6 heteroatoms. The number of rotatable bonds is 4. The number of hydrogen-bond donors (Lipinski definition) is 0. The average molecular weight is 628 g/mol. The third-order valence-corrected chi connectivity index (χ3v) is 8.00. The van der Waals surface area contributed by atoms with Crippen LogP contribution in [0.3, 0.4) is 0 Å². The third kappa shape index (κ3) is 5.15. The second kappa shape index (κ2) is 9.36. The molecule has 1 aliphatic rings. The van der Waals surface area contributed by atoms with Gasteiger partial charge >= 0.3 is 0 Å². The Kier molecular flexibility index (Phi) is 7.29. The summed E-state index contributed by atoms with van der Waals surface area (Å²) in [6.45, 7) is 7.17. The predicted octanol–water partition coefficient (Wildman–Crippen LogP) is 6.74. The van der Waals surface area contributed by atoms with Crippen molar-refractivity contribution in [2.75, 3.05) is 6.61 Å². The van der Waals surface area contributed by atoms with Crippen molar-refractivity contribution < 1.29 is 4.74 Å². The van der Waals surface area contributed by atoms with E-state index in [1.165, 1.54) is 10.4 Å². The van der Waals surface area contributed by atoms with Crippen molar-refractivity contribution in [1.82, 2.24) is 0 Å². The molecule has 150 valence electrons. The third-order valence-electron chi connectivity index (χ3n) is 5.23. The summed E-state index contributed by atoms with van der Waals surface area (Å²) in [6.07, 6.45) is 10.3. The van der Waals surface area contributed by atoms with Gasteiger partial charge in [0.25, 0.3) is 0 Å². The maximum Gasteiger partial charge on any atom is 0.148 e. The molecule has 0 aliphatic heterocycles.